The fraction of sp³-hybridized carbons (Fsp3) is 0.632. The van der Waals surface area contributed by atoms with Crippen LogP contribution in [-0.4, -0.2) is 77.5 Å². The summed E-state index contributed by atoms with van der Waals surface area (Å²) in [5, 5.41) is 19.4. The number of aliphatic hydroxyl groups is 2. The highest BCUT2D eigenvalue weighted by Crippen LogP contribution is 2.25. The molecule has 2 saturated heterocycles. The van der Waals surface area contributed by atoms with Gasteiger partial charge in [-0.25, -0.2) is 4.39 Å². The number of piperidine rings is 1. The quantitative estimate of drug-likeness (QED) is 0.782. The van der Waals surface area contributed by atoms with Gasteiger partial charge >= 0.3 is 0 Å². The summed E-state index contributed by atoms with van der Waals surface area (Å²) in [6, 6.07) is 5.51. The first kappa shape index (κ1) is 19.1. The number of hydrogen-bond donors (Lipinski definition) is 2. The summed E-state index contributed by atoms with van der Waals surface area (Å²) in [6.07, 6.45) is 2.32. The van der Waals surface area contributed by atoms with Crippen LogP contribution in [0.2, 0.25) is 0 Å². The molecule has 2 N–H and O–H groups in total. The molecule has 0 unspecified atom stereocenters. The summed E-state index contributed by atoms with van der Waals surface area (Å²) in [6.45, 7) is 2.70. The molecule has 2 fully saturated rings. The average Bonchev–Trinajstić information content (AvgIpc) is 3.04. The van der Waals surface area contributed by atoms with E-state index in [9.17, 15) is 14.3 Å². The molecular weight excluding hydrogens is 339 g/mol. The predicted octanol–water partition coefficient (Wildman–Crippen LogP) is 0.871. The van der Waals surface area contributed by atoms with Gasteiger partial charge in [-0.05, 0) is 62.5 Å². The van der Waals surface area contributed by atoms with Crippen LogP contribution in [0.15, 0.2) is 24.3 Å². The molecule has 0 radical (unpaired) electrons. The Morgan fingerprint density at radius 2 is 1.88 bits per heavy atom. The number of likely N-dealkylation sites (tertiary alicyclic amines) is 2. The lowest BCUT2D eigenvalue weighted by Gasteiger charge is -2.36. The van der Waals surface area contributed by atoms with Gasteiger partial charge in [0.15, 0.2) is 6.61 Å². The third-order valence-corrected chi connectivity index (χ3v) is 5.44. The number of hydrogen-bond acceptors (Lipinski definition) is 5. The van der Waals surface area contributed by atoms with E-state index < -0.39 is 6.10 Å². The van der Waals surface area contributed by atoms with Gasteiger partial charge in [-0.2, -0.15) is 0 Å². The normalized spacial score (nSPS) is 24.8. The summed E-state index contributed by atoms with van der Waals surface area (Å²) in [4.78, 5) is 16.3. The maximum atomic E-state index is 12.9. The van der Waals surface area contributed by atoms with Gasteiger partial charge in [-0.15, -0.1) is 0 Å². The fourth-order valence-corrected chi connectivity index (χ4v) is 3.85. The first-order chi connectivity index (χ1) is 12.6. The molecule has 144 valence electrons. The smallest absolute Gasteiger partial charge is 0.260 e. The second kappa shape index (κ2) is 8.79. The van der Waals surface area contributed by atoms with Gasteiger partial charge in [-0.1, -0.05) is 0 Å². The van der Waals surface area contributed by atoms with Crippen molar-refractivity contribution < 1.29 is 24.1 Å². The molecule has 1 amide bonds. The molecule has 2 atom stereocenters. The van der Waals surface area contributed by atoms with Crippen LogP contribution in [0.4, 0.5) is 4.39 Å². The molecule has 3 rings (SSSR count). The van der Waals surface area contributed by atoms with Gasteiger partial charge in [0.25, 0.3) is 5.91 Å². The molecule has 1 aromatic carbocycles. The Bertz CT molecular complexity index is 590. The fourth-order valence-electron chi connectivity index (χ4n) is 3.85. The summed E-state index contributed by atoms with van der Waals surface area (Å²) in [5.74, 6) is 0.474. The van der Waals surface area contributed by atoms with Crippen LogP contribution in [0.25, 0.3) is 0 Å². The Morgan fingerprint density at radius 3 is 2.54 bits per heavy atom. The molecule has 2 heterocycles. The van der Waals surface area contributed by atoms with Crippen molar-refractivity contribution in [2.45, 2.75) is 31.4 Å². The molecule has 0 bridgehead atoms. The minimum Gasteiger partial charge on any atom is -0.484 e. The van der Waals surface area contributed by atoms with E-state index in [0.717, 1.165) is 32.4 Å². The van der Waals surface area contributed by atoms with Crippen LogP contribution in [0.3, 0.4) is 0 Å². The SMILES string of the molecule is O=C(COc1ccc(F)cc1)N1C[C@H](O)[C@@H](N2CCC(CCO)CC2)C1. The molecule has 0 aromatic heterocycles. The van der Waals surface area contributed by atoms with Crippen LogP contribution in [0.5, 0.6) is 5.75 Å². The van der Waals surface area contributed by atoms with Gasteiger partial charge in [0.1, 0.15) is 11.6 Å². The number of aliphatic hydroxyl groups excluding tert-OH is 2. The molecular formula is C19H27FN2O4. The number of benzene rings is 1. The number of rotatable bonds is 6. The topological polar surface area (TPSA) is 73.2 Å². The van der Waals surface area contributed by atoms with Gasteiger partial charge < -0.3 is 19.8 Å². The Balaban J connectivity index is 1.47. The molecule has 0 aliphatic carbocycles. The molecule has 1 aromatic rings. The maximum Gasteiger partial charge on any atom is 0.260 e. The van der Waals surface area contributed by atoms with E-state index in [0.29, 0.717) is 24.8 Å². The van der Waals surface area contributed by atoms with Gasteiger partial charge in [0.05, 0.1) is 12.1 Å². The minimum atomic E-state index is -0.556. The lowest BCUT2D eigenvalue weighted by atomic mass is 9.93. The lowest BCUT2D eigenvalue weighted by Crippen LogP contribution is -2.47. The van der Waals surface area contributed by atoms with Crippen LogP contribution in [0, 0.1) is 11.7 Å². The molecule has 2 aliphatic heterocycles. The zero-order chi connectivity index (χ0) is 18.5. The highest BCUT2D eigenvalue weighted by Gasteiger charge is 2.38. The zero-order valence-electron chi connectivity index (χ0n) is 14.9. The van der Waals surface area contributed by atoms with Crippen molar-refractivity contribution in [1.82, 2.24) is 9.80 Å². The second-order valence-electron chi connectivity index (χ2n) is 7.17. The summed E-state index contributed by atoms with van der Waals surface area (Å²) < 4.78 is 18.3. The number of β-amino-alcohol motifs (C(OH)–C–C–N with tert-alkyl or cyclic N) is 1. The van der Waals surface area contributed by atoms with E-state index in [-0.39, 0.29) is 31.0 Å². The number of carbonyl (C=O) groups is 1. The van der Waals surface area contributed by atoms with Crippen molar-refractivity contribution in [3.63, 3.8) is 0 Å². The van der Waals surface area contributed by atoms with E-state index >= 15 is 0 Å². The van der Waals surface area contributed by atoms with Crippen LogP contribution < -0.4 is 4.74 Å². The Morgan fingerprint density at radius 1 is 1.19 bits per heavy atom. The standard InChI is InChI=1S/C19H27FN2O4/c20-15-1-3-16(4-2-15)26-13-19(25)22-11-17(18(24)12-22)21-8-5-14(6-9-21)7-10-23/h1-4,14,17-18,23-24H,5-13H2/t17-,18-/m0/s1. The van der Waals surface area contributed by atoms with E-state index in [4.69, 9.17) is 9.84 Å². The number of ether oxygens (including phenoxy) is 1. The van der Waals surface area contributed by atoms with Crippen molar-refractivity contribution in [2.75, 3.05) is 39.4 Å². The van der Waals surface area contributed by atoms with Crippen molar-refractivity contribution in [2.24, 2.45) is 5.92 Å². The van der Waals surface area contributed by atoms with Crippen molar-refractivity contribution in [3.05, 3.63) is 30.1 Å². The average molecular weight is 366 g/mol. The minimum absolute atomic E-state index is 0.0418. The Labute approximate surface area is 153 Å². The van der Waals surface area contributed by atoms with Crippen LogP contribution >= 0.6 is 0 Å². The van der Waals surface area contributed by atoms with E-state index in [1.165, 1.54) is 24.3 Å². The van der Waals surface area contributed by atoms with Crippen molar-refractivity contribution in [3.8, 4) is 5.75 Å². The van der Waals surface area contributed by atoms with Gasteiger partial charge in [-0.3, -0.25) is 9.69 Å². The third kappa shape index (κ3) is 4.72. The summed E-state index contributed by atoms with van der Waals surface area (Å²) >= 11 is 0. The molecule has 26 heavy (non-hydrogen) atoms. The largest absolute Gasteiger partial charge is 0.484 e. The van der Waals surface area contributed by atoms with Gasteiger partial charge in [0, 0.05) is 19.7 Å². The first-order valence-electron chi connectivity index (χ1n) is 9.26. The van der Waals surface area contributed by atoms with Crippen LogP contribution in [0.1, 0.15) is 19.3 Å². The van der Waals surface area contributed by atoms with Crippen molar-refractivity contribution in [1.29, 1.82) is 0 Å². The Kier molecular flexibility index (Phi) is 6.45. The monoisotopic (exact) mass is 366 g/mol. The van der Waals surface area contributed by atoms with Gasteiger partial charge in [0.2, 0.25) is 0 Å². The first-order valence-corrected chi connectivity index (χ1v) is 9.26. The predicted molar refractivity (Wildman–Crippen MR) is 94.3 cm³/mol. The van der Waals surface area contributed by atoms with Crippen LogP contribution in [-0.2, 0) is 4.79 Å². The third-order valence-electron chi connectivity index (χ3n) is 5.44. The summed E-state index contributed by atoms with van der Waals surface area (Å²) in [7, 11) is 0. The molecule has 6 nitrogen and oxygen atoms in total. The number of amides is 1. The molecule has 7 heteroatoms. The number of carbonyl (C=O) groups excluding carboxylic acids is 1. The van der Waals surface area contributed by atoms with E-state index in [2.05, 4.69) is 4.90 Å². The highest BCUT2D eigenvalue weighted by molar-refractivity contribution is 5.78. The summed E-state index contributed by atoms with van der Waals surface area (Å²) in [5.41, 5.74) is 0. The highest BCUT2D eigenvalue weighted by atomic mass is 19.1. The molecule has 0 spiro atoms. The van der Waals surface area contributed by atoms with E-state index in [1.54, 1.807) is 4.90 Å². The number of halogens is 1. The van der Waals surface area contributed by atoms with Crippen molar-refractivity contribution >= 4 is 5.91 Å². The van der Waals surface area contributed by atoms with E-state index in [1.807, 2.05) is 0 Å². The zero-order valence-corrected chi connectivity index (χ0v) is 14.9. The molecule has 0 saturated carbocycles. The lowest BCUT2D eigenvalue weighted by molar-refractivity contribution is -0.132. The second-order valence-corrected chi connectivity index (χ2v) is 7.17. The molecule has 2 aliphatic rings. The maximum absolute atomic E-state index is 12.9. The Hall–Kier alpha value is -1.70. The number of nitrogens with zero attached hydrogens (tertiary/aromatic N) is 2.